The van der Waals surface area contributed by atoms with Gasteiger partial charge in [-0.1, -0.05) is 0 Å². The number of halogens is 2. The molecular weight excluding hydrogens is 153 g/mol. The van der Waals surface area contributed by atoms with Gasteiger partial charge in [0.05, 0.1) is 6.67 Å². The first kappa shape index (κ1) is 8.28. The van der Waals surface area contributed by atoms with E-state index in [0.29, 0.717) is 0 Å². The molecule has 2 saturated heterocycles. The minimum absolute atomic E-state index is 0. The first-order valence-electron chi connectivity index (χ1n) is 3.61. The molecule has 10 heavy (non-hydrogen) atoms. The lowest BCUT2D eigenvalue weighted by Crippen LogP contribution is -2.55. The Hall–Kier alpha value is 0.180. The van der Waals surface area contributed by atoms with Crippen LogP contribution in [0.15, 0.2) is 0 Å². The summed E-state index contributed by atoms with van der Waals surface area (Å²) in [6.45, 7) is 1.93. The molecule has 1 nitrogen and oxygen atoms in total. The Morgan fingerprint density at radius 2 is 2.20 bits per heavy atom. The van der Waals surface area contributed by atoms with Gasteiger partial charge in [0, 0.05) is 12.0 Å². The van der Waals surface area contributed by atoms with Crippen molar-refractivity contribution in [3.8, 4) is 0 Å². The molecule has 0 spiro atoms. The largest absolute Gasteiger partial charge is 0.316 e. The van der Waals surface area contributed by atoms with Gasteiger partial charge in [-0.2, -0.15) is 0 Å². The van der Waals surface area contributed by atoms with E-state index in [2.05, 4.69) is 5.32 Å². The zero-order valence-corrected chi connectivity index (χ0v) is 6.72. The van der Waals surface area contributed by atoms with Crippen molar-refractivity contribution in [2.45, 2.75) is 12.8 Å². The maximum atomic E-state index is 12.3. The van der Waals surface area contributed by atoms with Crippen LogP contribution in [0.2, 0.25) is 0 Å². The Bertz CT molecular complexity index is 117. The van der Waals surface area contributed by atoms with Gasteiger partial charge in [0.1, 0.15) is 0 Å². The normalized spacial score (nSPS) is 43.5. The van der Waals surface area contributed by atoms with E-state index in [-0.39, 0.29) is 24.5 Å². The summed E-state index contributed by atoms with van der Waals surface area (Å²) in [6, 6.07) is 0. The van der Waals surface area contributed by atoms with Crippen LogP contribution in [-0.4, -0.2) is 19.8 Å². The summed E-state index contributed by atoms with van der Waals surface area (Å²) in [5, 5.41) is 3.24. The van der Waals surface area contributed by atoms with Crippen LogP contribution in [0.5, 0.6) is 0 Å². The van der Waals surface area contributed by atoms with E-state index in [1.54, 1.807) is 0 Å². The minimum Gasteiger partial charge on any atom is -0.316 e. The molecular formula is C7H13ClFN. The van der Waals surface area contributed by atoms with Crippen molar-refractivity contribution in [2.24, 2.45) is 11.3 Å². The standard InChI is InChI=1S/C7H12FN.ClH/c8-4-7-1-6(2-7)3-9-5-7;/h6,9H,1-5H2;1H. The molecule has 2 aliphatic heterocycles. The maximum absolute atomic E-state index is 12.3. The van der Waals surface area contributed by atoms with Crippen molar-refractivity contribution in [3.05, 3.63) is 0 Å². The number of alkyl halides is 1. The third-order valence-electron chi connectivity index (χ3n) is 2.66. The molecule has 0 radical (unpaired) electrons. The molecule has 0 unspecified atom stereocenters. The van der Waals surface area contributed by atoms with Crippen molar-refractivity contribution in [1.29, 1.82) is 0 Å². The molecule has 2 heterocycles. The monoisotopic (exact) mass is 165 g/mol. The second kappa shape index (κ2) is 2.67. The summed E-state index contributed by atoms with van der Waals surface area (Å²) in [6.07, 6.45) is 2.27. The molecule has 1 saturated carbocycles. The van der Waals surface area contributed by atoms with E-state index in [1.807, 2.05) is 0 Å². The third kappa shape index (κ3) is 1.04. The zero-order chi connectivity index (χ0) is 6.32. The Morgan fingerprint density at radius 3 is 2.50 bits per heavy atom. The van der Waals surface area contributed by atoms with Gasteiger partial charge in [0.25, 0.3) is 0 Å². The van der Waals surface area contributed by atoms with Gasteiger partial charge in [-0.15, -0.1) is 12.4 Å². The fourth-order valence-corrected chi connectivity index (χ4v) is 2.15. The molecule has 3 aliphatic rings. The molecule has 0 atom stereocenters. The van der Waals surface area contributed by atoms with E-state index in [4.69, 9.17) is 0 Å². The summed E-state index contributed by atoms with van der Waals surface area (Å²) in [5.74, 6) is 0.800. The molecule has 2 bridgehead atoms. The zero-order valence-electron chi connectivity index (χ0n) is 5.90. The number of hydrogen-bond acceptors (Lipinski definition) is 1. The SMILES string of the molecule is Cl.FCC12CNCC(C1)C2. The summed E-state index contributed by atoms with van der Waals surface area (Å²) >= 11 is 0. The smallest absolute Gasteiger partial charge is 0.0963 e. The predicted molar refractivity (Wildman–Crippen MR) is 41.2 cm³/mol. The van der Waals surface area contributed by atoms with Crippen LogP contribution in [0.25, 0.3) is 0 Å². The Kier molecular flexibility index (Phi) is 2.21. The quantitative estimate of drug-likeness (QED) is 0.619. The summed E-state index contributed by atoms with van der Waals surface area (Å²) < 4.78 is 12.3. The van der Waals surface area contributed by atoms with Gasteiger partial charge >= 0.3 is 0 Å². The highest BCUT2D eigenvalue weighted by Crippen LogP contribution is 2.47. The minimum atomic E-state index is -0.115. The van der Waals surface area contributed by atoms with Gasteiger partial charge in [0.2, 0.25) is 0 Å². The van der Waals surface area contributed by atoms with Gasteiger partial charge in [-0.3, -0.25) is 4.39 Å². The second-order valence-corrected chi connectivity index (χ2v) is 3.54. The summed E-state index contributed by atoms with van der Waals surface area (Å²) in [7, 11) is 0. The van der Waals surface area contributed by atoms with Crippen molar-refractivity contribution in [1.82, 2.24) is 5.32 Å². The van der Waals surface area contributed by atoms with E-state index >= 15 is 0 Å². The van der Waals surface area contributed by atoms with Crippen LogP contribution in [0.3, 0.4) is 0 Å². The fourth-order valence-electron chi connectivity index (χ4n) is 2.15. The Labute approximate surface area is 66.8 Å². The van der Waals surface area contributed by atoms with Crippen LogP contribution < -0.4 is 5.32 Å². The van der Waals surface area contributed by atoms with Crippen molar-refractivity contribution < 1.29 is 4.39 Å². The lowest BCUT2D eigenvalue weighted by atomic mass is 9.60. The number of rotatable bonds is 1. The fraction of sp³-hybridized carbons (Fsp3) is 1.00. The molecule has 1 N–H and O–H groups in total. The van der Waals surface area contributed by atoms with E-state index < -0.39 is 0 Å². The summed E-state index contributed by atoms with van der Waals surface area (Å²) in [4.78, 5) is 0. The van der Waals surface area contributed by atoms with E-state index in [9.17, 15) is 4.39 Å². The lowest BCUT2D eigenvalue weighted by Gasteiger charge is -2.51. The topological polar surface area (TPSA) is 12.0 Å². The van der Waals surface area contributed by atoms with Gasteiger partial charge in [-0.05, 0) is 25.3 Å². The first-order valence-corrected chi connectivity index (χ1v) is 3.61. The highest BCUT2D eigenvalue weighted by molar-refractivity contribution is 5.85. The number of nitrogens with one attached hydrogen (secondary N) is 1. The molecule has 0 aromatic heterocycles. The molecule has 1 aliphatic carbocycles. The van der Waals surface area contributed by atoms with Crippen molar-refractivity contribution in [3.63, 3.8) is 0 Å². The molecule has 3 fully saturated rings. The van der Waals surface area contributed by atoms with Crippen molar-refractivity contribution >= 4 is 12.4 Å². The van der Waals surface area contributed by atoms with Crippen LogP contribution in [0.4, 0.5) is 4.39 Å². The lowest BCUT2D eigenvalue weighted by molar-refractivity contribution is -0.00743. The average molecular weight is 166 g/mol. The maximum Gasteiger partial charge on any atom is 0.0963 e. The predicted octanol–water partition coefficient (Wildman–Crippen LogP) is 1.38. The first-order chi connectivity index (χ1) is 4.35. The third-order valence-corrected chi connectivity index (χ3v) is 2.66. The summed E-state index contributed by atoms with van der Waals surface area (Å²) in [5.41, 5.74) is 0.0862. The average Bonchev–Trinajstić information content (AvgIpc) is 1.88. The van der Waals surface area contributed by atoms with Crippen LogP contribution in [-0.2, 0) is 0 Å². The molecule has 0 aromatic rings. The molecule has 60 valence electrons. The molecule has 0 aromatic carbocycles. The highest BCUT2D eigenvalue weighted by atomic mass is 35.5. The van der Waals surface area contributed by atoms with E-state index in [0.717, 1.165) is 31.8 Å². The Balaban J connectivity index is 0.000000500. The van der Waals surface area contributed by atoms with Gasteiger partial charge < -0.3 is 5.32 Å². The van der Waals surface area contributed by atoms with E-state index in [1.165, 1.54) is 0 Å². The Morgan fingerprint density at radius 1 is 1.50 bits per heavy atom. The van der Waals surface area contributed by atoms with Crippen LogP contribution >= 0.6 is 12.4 Å². The van der Waals surface area contributed by atoms with Gasteiger partial charge in [-0.25, -0.2) is 0 Å². The number of piperidine rings is 2. The molecule has 3 heteroatoms. The molecule has 0 amide bonds. The van der Waals surface area contributed by atoms with Crippen LogP contribution in [0, 0.1) is 11.3 Å². The second-order valence-electron chi connectivity index (χ2n) is 3.54. The number of hydrogen-bond donors (Lipinski definition) is 1. The van der Waals surface area contributed by atoms with Crippen molar-refractivity contribution in [2.75, 3.05) is 19.8 Å². The van der Waals surface area contributed by atoms with Gasteiger partial charge in [0.15, 0.2) is 0 Å². The van der Waals surface area contributed by atoms with Crippen LogP contribution in [0.1, 0.15) is 12.8 Å². The highest BCUT2D eigenvalue weighted by Gasteiger charge is 2.46. The number of fused-ring (bicyclic) bond motifs is 2. The molecule has 3 rings (SSSR count).